The predicted molar refractivity (Wildman–Crippen MR) is 106 cm³/mol. The zero-order chi connectivity index (χ0) is 18.8. The van der Waals surface area contributed by atoms with Gasteiger partial charge in [0.25, 0.3) is 0 Å². The summed E-state index contributed by atoms with van der Waals surface area (Å²) in [6, 6.07) is 0. The Morgan fingerprint density at radius 3 is 2.64 bits per heavy atom. The number of ether oxygens (including phenoxy) is 1. The molecule has 0 aromatic carbocycles. The molecule has 134 valence electrons. The highest BCUT2D eigenvalue weighted by molar-refractivity contribution is 5.75. The average molecular weight is 340 g/mol. The fourth-order valence-electron chi connectivity index (χ4n) is 2.34. The van der Waals surface area contributed by atoms with Crippen molar-refractivity contribution in [1.82, 2.24) is 0 Å². The number of hydrogen-bond donors (Lipinski definition) is 0. The SMILES string of the molecule is C=C/C=C\C(=C/C)c1coc2c(c1=O)C=CC(OC(C)C)=CC2.CC. The Morgan fingerprint density at radius 1 is 1.32 bits per heavy atom. The van der Waals surface area contributed by atoms with E-state index in [0.29, 0.717) is 23.3 Å². The van der Waals surface area contributed by atoms with Crippen LogP contribution in [0.4, 0.5) is 0 Å². The van der Waals surface area contributed by atoms with Crippen molar-refractivity contribution >= 4 is 11.6 Å². The van der Waals surface area contributed by atoms with Crippen molar-refractivity contribution < 1.29 is 9.15 Å². The molecule has 1 aliphatic carbocycles. The van der Waals surface area contributed by atoms with Gasteiger partial charge in [-0.05, 0) is 44.6 Å². The molecule has 0 aliphatic heterocycles. The highest BCUT2D eigenvalue weighted by Gasteiger charge is 2.15. The lowest BCUT2D eigenvalue weighted by atomic mass is 10.0. The maximum absolute atomic E-state index is 12.8. The van der Waals surface area contributed by atoms with Crippen LogP contribution in [0.1, 0.15) is 51.5 Å². The summed E-state index contributed by atoms with van der Waals surface area (Å²) in [6.07, 6.45) is 14.9. The monoisotopic (exact) mass is 340 g/mol. The van der Waals surface area contributed by atoms with Gasteiger partial charge in [-0.15, -0.1) is 0 Å². The molecule has 0 saturated heterocycles. The molecule has 2 rings (SSSR count). The van der Waals surface area contributed by atoms with Crippen LogP contribution in [0.5, 0.6) is 0 Å². The number of fused-ring (bicyclic) bond motifs is 1. The van der Waals surface area contributed by atoms with E-state index >= 15 is 0 Å². The van der Waals surface area contributed by atoms with Crippen LogP contribution in [0.3, 0.4) is 0 Å². The third-order valence-electron chi connectivity index (χ3n) is 3.42. The van der Waals surface area contributed by atoms with E-state index in [-0.39, 0.29) is 11.5 Å². The summed E-state index contributed by atoms with van der Waals surface area (Å²) in [6.45, 7) is 13.5. The van der Waals surface area contributed by atoms with Gasteiger partial charge in [-0.3, -0.25) is 4.79 Å². The Hall–Kier alpha value is -2.55. The van der Waals surface area contributed by atoms with Gasteiger partial charge in [0.15, 0.2) is 5.43 Å². The molecular weight excluding hydrogens is 312 g/mol. The lowest BCUT2D eigenvalue weighted by Gasteiger charge is -2.09. The number of allylic oxidation sites excluding steroid dienone is 7. The highest BCUT2D eigenvalue weighted by atomic mass is 16.5. The molecule has 0 N–H and O–H groups in total. The van der Waals surface area contributed by atoms with Crippen LogP contribution >= 0.6 is 0 Å². The van der Waals surface area contributed by atoms with Gasteiger partial charge in [0.2, 0.25) is 0 Å². The van der Waals surface area contributed by atoms with Crippen molar-refractivity contribution in [1.29, 1.82) is 0 Å². The first-order valence-corrected chi connectivity index (χ1v) is 8.72. The summed E-state index contributed by atoms with van der Waals surface area (Å²) < 4.78 is 11.4. The van der Waals surface area contributed by atoms with Gasteiger partial charge in [-0.25, -0.2) is 0 Å². The fourth-order valence-corrected chi connectivity index (χ4v) is 2.34. The van der Waals surface area contributed by atoms with Gasteiger partial charge < -0.3 is 9.15 Å². The van der Waals surface area contributed by atoms with Gasteiger partial charge in [0.1, 0.15) is 17.8 Å². The molecule has 0 spiro atoms. The second kappa shape index (κ2) is 10.3. The van der Waals surface area contributed by atoms with Gasteiger partial charge in [0, 0.05) is 6.42 Å². The van der Waals surface area contributed by atoms with E-state index in [1.807, 2.05) is 58.9 Å². The summed E-state index contributed by atoms with van der Waals surface area (Å²) >= 11 is 0. The van der Waals surface area contributed by atoms with E-state index < -0.39 is 0 Å². The van der Waals surface area contributed by atoms with Crippen molar-refractivity contribution in [2.75, 3.05) is 0 Å². The first kappa shape index (κ1) is 20.5. The Kier molecular flexibility index (Phi) is 8.48. The summed E-state index contributed by atoms with van der Waals surface area (Å²) in [5.41, 5.74) is 1.89. The van der Waals surface area contributed by atoms with Crippen molar-refractivity contribution in [2.24, 2.45) is 0 Å². The molecule has 25 heavy (non-hydrogen) atoms. The molecule has 0 saturated carbocycles. The minimum atomic E-state index is -0.0384. The number of rotatable bonds is 5. The molecule has 0 radical (unpaired) electrons. The van der Waals surface area contributed by atoms with Gasteiger partial charge in [0.05, 0.1) is 17.2 Å². The Balaban J connectivity index is 0.00000151. The summed E-state index contributed by atoms with van der Waals surface area (Å²) in [4.78, 5) is 12.8. The van der Waals surface area contributed by atoms with Crippen LogP contribution in [-0.4, -0.2) is 6.10 Å². The fraction of sp³-hybridized carbons (Fsp3) is 0.318. The maximum atomic E-state index is 12.8. The normalized spacial score (nSPS) is 13.7. The molecule has 1 aromatic heterocycles. The van der Waals surface area contributed by atoms with Crippen molar-refractivity contribution in [2.45, 2.75) is 47.1 Å². The van der Waals surface area contributed by atoms with Crippen LogP contribution in [0.15, 0.2) is 64.3 Å². The van der Waals surface area contributed by atoms with Crippen LogP contribution in [-0.2, 0) is 11.2 Å². The highest BCUT2D eigenvalue weighted by Crippen LogP contribution is 2.21. The molecule has 0 unspecified atom stereocenters. The predicted octanol–water partition coefficient (Wildman–Crippen LogP) is 5.69. The van der Waals surface area contributed by atoms with E-state index in [1.54, 1.807) is 18.2 Å². The van der Waals surface area contributed by atoms with Crippen LogP contribution < -0.4 is 5.43 Å². The van der Waals surface area contributed by atoms with E-state index in [2.05, 4.69) is 6.58 Å². The summed E-state index contributed by atoms with van der Waals surface area (Å²) in [5, 5.41) is 0. The second-order valence-electron chi connectivity index (χ2n) is 5.46. The molecule has 0 bridgehead atoms. The summed E-state index contributed by atoms with van der Waals surface area (Å²) in [7, 11) is 0. The van der Waals surface area contributed by atoms with Crippen molar-refractivity contribution in [3.8, 4) is 0 Å². The molecule has 0 atom stereocenters. The molecule has 0 amide bonds. The standard InChI is InChI=1S/C20H22O3.C2H6/c1-5-7-8-15(6-2)18-13-22-19-12-10-16(23-14(3)4)9-11-17(19)20(18)21;1-2/h5-11,13-14H,1,12H2,2-4H3;1-2H3/b8-7-,15-6+;. The lowest BCUT2D eigenvalue weighted by Crippen LogP contribution is -2.12. The third kappa shape index (κ3) is 5.49. The summed E-state index contributed by atoms with van der Waals surface area (Å²) in [5.74, 6) is 1.41. The van der Waals surface area contributed by atoms with Crippen molar-refractivity contribution in [3.05, 3.63) is 82.2 Å². The first-order valence-electron chi connectivity index (χ1n) is 8.72. The van der Waals surface area contributed by atoms with Crippen molar-refractivity contribution in [3.63, 3.8) is 0 Å². The zero-order valence-corrected chi connectivity index (χ0v) is 15.8. The topological polar surface area (TPSA) is 39.4 Å². The minimum Gasteiger partial charge on any atom is -0.491 e. The Labute approximate surface area is 150 Å². The van der Waals surface area contributed by atoms with Crippen LogP contribution in [0.2, 0.25) is 0 Å². The second-order valence-corrected chi connectivity index (χ2v) is 5.46. The molecule has 0 fully saturated rings. The number of hydrogen-bond acceptors (Lipinski definition) is 3. The lowest BCUT2D eigenvalue weighted by molar-refractivity contribution is 0.157. The minimum absolute atomic E-state index is 0.0384. The molecule has 1 heterocycles. The first-order chi connectivity index (χ1) is 12.1. The van der Waals surface area contributed by atoms with E-state index in [9.17, 15) is 4.79 Å². The molecule has 1 aromatic rings. The average Bonchev–Trinajstić information content (AvgIpc) is 2.81. The molecule has 3 heteroatoms. The third-order valence-corrected chi connectivity index (χ3v) is 3.42. The molecule has 3 nitrogen and oxygen atoms in total. The van der Waals surface area contributed by atoms with Gasteiger partial charge in [-0.2, -0.15) is 0 Å². The Bertz CT molecular complexity index is 756. The van der Waals surface area contributed by atoms with E-state index in [0.717, 1.165) is 11.3 Å². The van der Waals surface area contributed by atoms with Gasteiger partial charge >= 0.3 is 0 Å². The van der Waals surface area contributed by atoms with Crippen LogP contribution in [0, 0.1) is 0 Å². The molecular formula is C22H28O3. The quantitative estimate of drug-likeness (QED) is 0.646. The molecule has 1 aliphatic rings. The zero-order valence-electron chi connectivity index (χ0n) is 15.8. The maximum Gasteiger partial charge on any atom is 0.200 e. The van der Waals surface area contributed by atoms with E-state index in [1.165, 1.54) is 6.26 Å². The van der Waals surface area contributed by atoms with Gasteiger partial charge in [-0.1, -0.05) is 44.7 Å². The van der Waals surface area contributed by atoms with E-state index in [4.69, 9.17) is 9.15 Å². The van der Waals surface area contributed by atoms with Crippen LogP contribution in [0.25, 0.3) is 11.6 Å². The smallest absolute Gasteiger partial charge is 0.200 e. The Morgan fingerprint density at radius 2 is 2.04 bits per heavy atom. The largest absolute Gasteiger partial charge is 0.491 e.